The fraction of sp³-hybridized carbons (Fsp3) is 0.929. The first-order chi connectivity index (χ1) is 8.56. The molecule has 1 aliphatic rings. The average Bonchev–Trinajstić information content (AvgIpc) is 3.11. The third kappa shape index (κ3) is 3.95. The highest BCUT2D eigenvalue weighted by molar-refractivity contribution is 5.82. The summed E-state index contributed by atoms with van der Waals surface area (Å²) >= 11 is 0. The van der Waals surface area contributed by atoms with E-state index in [4.69, 9.17) is 9.47 Å². The van der Waals surface area contributed by atoms with E-state index in [1.807, 2.05) is 6.92 Å². The zero-order chi connectivity index (χ0) is 13.6. The first-order valence-electron chi connectivity index (χ1n) is 7.09. The molecule has 1 saturated carbocycles. The Bertz CT molecular complexity index is 264. The molecular weight excluding hydrogens is 230 g/mol. The summed E-state index contributed by atoms with van der Waals surface area (Å²) in [6.45, 7) is 9.54. The zero-order valence-electron chi connectivity index (χ0n) is 12.1. The van der Waals surface area contributed by atoms with Gasteiger partial charge in [0.1, 0.15) is 5.54 Å². The van der Waals surface area contributed by atoms with Gasteiger partial charge in [0.15, 0.2) is 0 Å². The van der Waals surface area contributed by atoms with Gasteiger partial charge in [-0.3, -0.25) is 5.32 Å². The Morgan fingerprint density at radius 3 is 2.50 bits per heavy atom. The minimum atomic E-state index is -0.640. The molecule has 1 N–H and O–H groups in total. The molecule has 1 aliphatic carbocycles. The van der Waals surface area contributed by atoms with Crippen LogP contribution in [0.25, 0.3) is 0 Å². The van der Waals surface area contributed by atoms with E-state index < -0.39 is 5.54 Å². The molecule has 1 rings (SSSR count). The molecule has 0 saturated heterocycles. The van der Waals surface area contributed by atoms with Crippen LogP contribution in [-0.2, 0) is 14.3 Å². The van der Waals surface area contributed by atoms with Crippen LogP contribution < -0.4 is 5.32 Å². The minimum absolute atomic E-state index is 0.155. The predicted molar refractivity (Wildman–Crippen MR) is 71.5 cm³/mol. The number of hydrogen-bond donors (Lipinski definition) is 1. The topological polar surface area (TPSA) is 47.6 Å². The van der Waals surface area contributed by atoms with Gasteiger partial charge in [-0.1, -0.05) is 6.92 Å². The van der Waals surface area contributed by atoms with Crippen LogP contribution >= 0.6 is 0 Å². The van der Waals surface area contributed by atoms with E-state index in [-0.39, 0.29) is 12.0 Å². The number of carbonyl (C=O) groups excluding carboxylic acids is 1. The third-order valence-corrected chi connectivity index (χ3v) is 3.14. The predicted octanol–water partition coefficient (Wildman–Crippen LogP) is 2.12. The van der Waals surface area contributed by atoms with Crippen molar-refractivity contribution in [2.24, 2.45) is 5.92 Å². The lowest BCUT2D eigenvalue weighted by molar-refractivity contribution is -0.156. The van der Waals surface area contributed by atoms with Crippen LogP contribution in [0, 0.1) is 5.92 Å². The van der Waals surface area contributed by atoms with Crippen molar-refractivity contribution in [3.8, 4) is 0 Å². The maximum absolute atomic E-state index is 12.3. The van der Waals surface area contributed by atoms with E-state index >= 15 is 0 Å². The largest absolute Gasteiger partial charge is 0.465 e. The molecule has 0 spiro atoms. The smallest absolute Gasteiger partial charge is 0.329 e. The van der Waals surface area contributed by atoms with Gasteiger partial charge in [-0.2, -0.15) is 0 Å². The maximum atomic E-state index is 12.3. The van der Waals surface area contributed by atoms with Crippen molar-refractivity contribution in [2.45, 2.75) is 58.5 Å². The van der Waals surface area contributed by atoms with Gasteiger partial charge in [-0.25, -0.2) is 4.79 Å². The molecule has 1 fully saturated rings. The van der Waals surface area contributed by atoms with Gasteiger partial charge in [0.2, 0.25) is 0 Å². The van der Waals surface area contributed by atoms with Gasteiger partial charge in [-0.15, -0.1) is 0 Å². The van der Waals surface area contributed by atoms with Crippen LogP contribution in [0.5, 0.6) is 0 Å². The Balaban J connectivity index is 2.76. The van der Waals surface area contributed by atoms with Gasteiger partial charge < -0.3 is 9.47 Å². The lowest BCUT2D eigenvalue weighted by atomic mass is 9.93. The fourth-order valence-electron chi connectivity index (χ4n) is 2.29. The summed E-state index contributed by atoms with van der Waals surface area (Å²) in [5.74, 6) is 0.202. The first-order valence-corrected chi connectivity index (χ1v) is 7.09. The molecule has 4 nitrogen and oxygen atoms in total. The van der Waals surface area contributed by atoms with Crippen molar-refractivity contribution in [1.82, 2.24) is 5.32 Å². The normalized spacial score (nSPS) is 18.7. The SMILES string of the molecule is CCCOCC(NC(C)C)(C(=O)OCC)C1CC1. The van der Waals surface area contributed by atoms with E-state index in [0.717, 1.165) is 19.3 Å². The molecule has 18 heavy (non-hydrogen) atoms. The summed E-state index contributed by atoms with van der Waals surface area (Å²) < 4.78 is 10.9. The highest BCUT2D eigenvalue weighted by Crippen LogP contribution is 2.41. The van der Waals surface area contributed by atoms with Crippen molar-refractivity contribution >= 4 is 5.97 Å². The molecule has 106 valence electrons. The van der Waals surface area contributed by atoms with Gasteiger partial charge in [0, 0.05) is 12.6 Å². The Hall–Kier alpha value is -0.610. The van der Waals surface area contributed by atoms with Crippen LogP contribution in [0.3, 0.4) is 0 Å². The lowest BCUT2D eigenvalue weighted by Crippen LogP contribution is -2.60. The van der Waals surface area contributed by atoms with Gasteiger partial charge in [-0.05, 0) is 46.0 Å². The Kier molecular flexibility index (Phi) is 6.09. The lowest BCUT2D eigenvalue weighted by Gasteiger charge is -2.34. The zero-order valence-corrected chi connectivity index (χ0v) is 12.1. The molecule has 1 atom stereocenters. The first kappa shape index (κ1) is 15.4. The number of hydrogen-bond acceptors (Lipinski definition) is 4. The molecule has 0 aliphatic heterocycles. The van der Waals surface area contributed by atoms with E-state index in [0.29, 0.717) is 25.7 Å². The Labute approximate surface area is 110 Å². The van der Waals surface area contributed by atoms with Crippen molar-refractivity contribution in [1.29, 1.82) is 0 Å². The second-order valence-electron chi connectivity index (χ2n) is 5.32. The molecule has 0 amide bonds. The molecule has 0 aromatic carbocycles. The third-order valence-electron chi connectivity index (χ3n) is 3.14. The van der Waals surface area contributed by atoms with Crippen LogP contribution in [0.4, 0.5) is 0 Å². The molecule has 0 heterocycles. The van der Waals surface area contributed by atoms with Crippen LogP contribution in [0.2, 0.25) is 0 Å². The van der Waals surface area contributed by atoms with Gasteiger partial charge in [0.05, 0.1) is 13.2 Å². The number of esters is 1. The van der Waals surface area contributed by atoms with Gasteiger partial charge >= 0.3 is 5.97 Å². The van der Waals surface area contributed by atoms with Crippen molar-refractivity contribution < 1.29 is 14.3 Å². The highest BCUT2D eigenvalue weighted by Gasteiger charge is 2.52. The number of nitrogens with one attached hydrogen (secondary N) is 1. The van der Waals surface area contributed by atoms with Crippen LogP contribution in [0.1, 0.15) is 47.0 Å². The van der Waals surface area contributed by atoms with E-state index in [1.165, 1.54) is 0 Å². The summed E-state index contributed by atoms with van der Waals surface area (Å²) in [6, 6.07) is 0.236. The minimum Gasteiger partial charge on any atom is -0.465 e. The molecule has 1 unspecified atom stereocenters. The van der Waals surface area contributed by atoms with Gasteiger partial charge in [0.25, 0.3) is 0 Å². The molecule has 0 bridgehead atoms. The Morgan fingerprint density at radius 1 is 1.39 bits per heavy atom. The Morgan fingerprint density at radius 2 is 2.06 bits per heavy atom. The number of carbonyl (C=O) groups is 1. The van der Waals surface area contributed by atoms with E-state index in [1.54, 1.807) is 0 Å². The number of ether oxygens (including phenoxy) is 2. The van der Waals surface area contributed by atoms with Crippen LogP contribution in [0.15, 0.2) is 0 Å². The van der Waals surface area contributed by atoms with E-state index in [9.17, 15) is 4.79 Å². The fourth-order valence-corrected chi connectivity index (χ4v) is 2.29. The standard InChI is InChI=1S/C14H27NO3/c1-5-9-17-10-14(12-7-8-12,15-11(3)4)13(16)18-6-2/h11-12,15H,5-10H2,1-4H3. The average molecular weight is 257 g/mol. The summed E-state index contributed by atoms with van der Waals surface area (Å²) in [5, 5.41) is 3.40. The second kappa shape index (κ2) is 7.10. The molecular formula is C14H27NO3. The van der Waals surface area contributed by atoms with E-state index in [2.05, 4.69) is 26.1 Å². The summed E-state index contributed by atoms with van der Waals surface area (Å²) in [5.41, 5.74) is -0.640. The van der Waals surface area contributed by atoms with Crippen molar-refractivity contribution in [2.75, 3.05) is 19.8 Å². The second-order valence-corrected chi connectivity index (χ2v) is 5.32. The summed E-state index contributed by atoms with van der Waals surface area (Å²) in [4.78, 5) is 12.3. The molecule has 4 heteroatoms. The molecule has 0 aromatic rings. The summed E-state index contributed by atoms with van der Waals surface area (Å²) in [6.07, 6.45) is 3.12. The van der Waals surface area contributed by atoms with Crippen molar-refractivity contribution in [3.63, 3.8) is 0 Å². The monoisotopic (exact) mass is 257 g/mol. The van der Waals surface area contributed by atoms with Crippen LogP contribution in [-0.4, -0.2) is 37.4 Å². The summed E-state index contributed by atoms with van der Waals surface area (Å²) in [7, 11) is 0. The quantitative estimate of drug-likeness (QED) is 0.508. The highest BCUT2D eigenvalue weighted by atomic mass is 16.5. The molecule has 0 radical (unpaired) electrons. The number of rotatable bonds is 9. The molecule has 0 aromatic heterocycles. The maximum Gasteiger partial charge on any atom is 0.329 e. The van der Waals surface area contributed by atoms with Crippen molar-refractivity contribution in [3.05, 3.63) is 0 Å².